The van der Waals surface area contributed by atoms with E-state index in [1.165, 1.54) is 0 Å². The second-order valence-electron chi connectivity index (χ2n) is 9.05. The number of nitrogens with one attached hydrogen (secondary N) is 2. The molecule has 0 bridgehead atoms. The Bertz CT molecular complexity index is 1250. The molecule has 3 aromatic heterocycles. The lowest BCUT2D eigenvalue weighted by Crippen LogP contribution is -2.35. The van der Waals surface area contributed by atoms with Crippen LogP contribution in [-0.4, -0.2) is 43.5 Å². The number of benzene rings is 1. The number of nitrogens with zero attached hydrogens (tertiary/aromatic N) is 3. The maximum Gasteiger partial charge on any atom is 0.204 e. The highest BCUT2D eigenvalue weighted by atomic mass is 32.2. The fraction of sp³-hybridized carbons (Fsp3) is 0.364. The number of imidazole rings is 1. The molecule has 162 valence electrons. The van der Waals surface area contributed by atoms with Crippen LogP contribution >= 0.6 is 0 Å². The van der Waals surface area contributed by atoms with Gasteiger partial charge in [-0.15, -0.1) is 0 Å². The summed E-state index contributed by atoms with van der Waals surface area (Å²) in [6, 6.07) is 10.4. The SMILES string of the molecule is B[SH](C)(=O)NCC1CCC(c2nc(-c3cc4ccccc4[nH]3)c3c(N)nccn23)CC1. The van der Waals surface area contributed by atoms with Crippen molar-refractivity contribution in [2.24, 2.45) is 5.92 Å². The highest BCUT2D eigenvalue weighted by molar-refractivity contribution is 8.20. The number of anilines is 1. The number of nitrogen functional groups attached to an aromatic ring is 1. The first kappa shape index (κ1) is 20.3. The van der Waals surface area contributed by atoms with Crippen molar-refractivity contribution in [2.45, 2.75) is 31.6 Å². The van der Waals surface area contributed by atoms with Gasteiger partial charge < -0.3 is 10.7 Å². The normalized spacial score (nSPS) is 20.4. The second kappa shape index (κ2) is 7.80. The van der Waals surface area contributed by atoms with Crippen molar-refractivity contribution < 1.29 is 4.21 Å². The van der Waals surface area contributed by atoms with Gasteiger partial charge in [-0.1, -0.05) is 28.2 Å². The van der Waals surface area contributed by atoms with Crippen LogP contribution in [0.15, 0.2) is 42.7 Å². The van der Waals surface area contributed by atoms with Gasteiger partial charge in [0.25, 0.3) is 0 Å². The van der Waals surface area contributed by atoms with Crippen LogP contribution in [0.2, 0.25) is 0 Å². The average molecular weight is 436 g/mol. The Hall–Kier alpha value is -2.65. The quantitative estimate of drug-likeness (QED) is 0.285. The van der Waals surface area contributed by atoms with Gasteiger partial charge in [0.15, 0.2) is 0 Å². The predicted molar refractivity (Wildman–Crippen MR) is 131 cm³/mol. The number of aromatic amines is 1. The van der Waals surface area contributed by atoms with E-state index in [0.717, 1.165) is 65.9 Å². The molecule has 0 amide bonds. The lowest BCUT2D eigenvalue weighted by molar-refractivity contribution is 0.319. The van der Waals surface area contributed by atoms with E-state index < -0.39 is 9.97 Å². The Balaban J connectivity index is 1.47. The molecule has 7 nitrogen and oxygen atoms in total. The van der Waals surface area contributed by atoms with E-state index in [1.807, 2.05) is 18.3 Å². The molecule has 3 heterocycles. The summed E-state index contributed by atoms with van der Waals surface area (Å²) in [5.41, 5.74) is 10.1. The summed E-state index contributed by atoms with van der Waals surface area (Å²) >= 11 is 0. The first-order valence-corrected chi connectivity index (χ1v) is 13.5. The van der Waals surface area contributed by atoms with Crippen molar-refractivity contribution in [3.63, 3.8) is 0 Å². The number of hydrogen-bond donors (Lipinski definition) is 4. The summed E-state index contributed by atoms with van der Waals surface area (Å²) in [5.74, 6) is 2.49. The molecule has 4 aromatic rings. The van der Waals surface area contributed by atoms with E-state index in [2.05, 4.69) is 37.3 Å². The third-order valence-electron chi connectivity index (χ3n) is 6.37. The van der Waals surface area contributed by atoms with Crippen molar-refractivity contribution in [3.05, 3.63) is 48.5 Å². The number of H-pyrrole nitrogens is 1. The topological polar surface area (TPSA) is 101 Å². The molecule has 0 radical (unpaired) electrons. The smallest absolute Gasteiger partial charge is 0.204 e. The molecule has 1 fully saturated rings. The van der Waals surface area contributed by atoms with Gasteiger partial charge in [-0.25, -0.2) is 9.97 Å². The van der Waals surface area contributed by atoms with Gasteiger partial charge >= 0.3 is 0 Å². The zero-order valence-corrected chi connectivity index (χ0v) is 18.9. The van der Waals surface area contributed by atoms with E-state index >= 15 is 0 Å². The molecular formula is C22H29BN6OS. The van der Waals surface area contributed by atoms with Crippen molar-refractivity contribution >= 4 is 39.3 Å². The molecule has 9 heteroatoms. The molecule has 0 atom stereocenters. The van der Waals surface area contributed by atoms with E-state index in [9.17, 15) is 4.21 Å². The first-order valence-electron chi connectivity index (χ1n) is 10.9. The Kier molecular flexibility index (Phi) is 5.10. The Labute approximate surface area is 183 Å². The zero-order chi connectivity index (χ0) is 21.6. The number of aromatic nitrogens is 4. The summed E-state index contributed by atoms with van der Waals surface area (Å²) < 4.78 is 17.3. The largest absolute Gasteiger partial charge is 0.382 e. The van der Waals surface area contributed by atoms with Crippen molar-refractivity contribution in [2.75, 3.05) is 18.5 Å². The van der Waals surface area contributed by atoms with Crippen LogP contribution in [0.1, 0.15) is 37.4 Å². The van der Waals surface area contributed by atoms with Crippen LogP contribution < -0.4 is 10.5 Å². The Morgan fingerprint density at radius 3 is 2.81 bits per heavy atom. The standard InChI is InChI=1S/C22H29BN6OS/c1-31(23,30)26-13-14-6-8-15(9-7-14)22-28-19(20-21(24)25-10-11-29(20)22)18-12-16-4-2-3-5-17(16)27-18/h2-5,10-12,14-15,27,31H,6-9,13,23H2,1H3,(H2,24,25)(H,26,30). The van der Waals surface area contributed by atoms with Gasteiger partial charge in [0.05, 0.1) is 5.69 Å². The van der Waals surface area contributed by atoms with Gasteiger partial charge in [0, 0.05) is 35.8 Å². The van der Waals surface area contributed by atoms with E-state index in [4.69, 9.17) is 10.7 Å². The molecule has 0 aliphatic heterocycles. The molecule has 0 unspecified atom stereocenters. The van der Waals surface area contributed by atoms with Crippen molar-refractivity contribution in [3.8, 4) is 11.4 Å². The number of nitrogens with two attached hydrogens (primary N) is 1. The van der Waals surface area contributed by atoms with Crippen LogP contribution in [0.4, 0.5) is 5.82 Å². The fourth-order valence-corrected chi connectivity index (χ4v) is 5.44. The maximum atomic E-state index is 12.0. The molecule has 1 aromatic carbocycles. The molecule has 1 aliphatic carbocycles. The van der Waals surface area contributed by atoms with Crippen LogP contribution in [0, 0.1) is 5.92 Å². The van der Waals surface area contributed by atoms with Crippen LogP contribution in [0.5, 0.6) is 0 Å². The number of rotatable bonds is 5. The number of hydrogen-bond acceptors (Lipinski definition) is 4. The molecule has 0 saturated heterocycles. The van der Waals surface area contributed by atoms with Gasteiger partial charge in [-0.3, -0.25) is 13.3 Å². The zero-order valence-electron chi connectivity index (χ0n) is 18.0. The summed E-state index contributed by atoms with van der Waals surface area (Å²) in [7, 11) is -0.387. The fourth-order valence-electron chi connectivity index (χ4n) is 4.74. The molecule has 4 N–H and O–H groups in total. The van der Waals surface area contributed by atoms with Crippen LogP contribution in [0.25, 0.3) is 27.8 Å². The monoisotopic (exact) mass is 436 g/mol. The molecule has 31 heavy (non-hydrogen) atoms. The van der Waals surface area contributed by atoms with Crippen LogP contribution in [-0.2, 0) is 9.97 Å². The molecule has 0 spiro atoms. The second-order valence-corrected chi connectivity index (χ2v) is 12.1. The lowest BCUT2D eigenvalue weighted by Gasteiger charge is -2.29. The predicted octanol–water partition coefficient (Wildman–Crippen LogP) is 2.43. The average Bonchev–Trinajstić information content (AvgIpc) is 3.34. The Morgan fingerprint density at radius 1 is 1.29 bits per heavy atom. The third-order valence-corrected chi connectivity index (χ3v) is 7.31. The third kappa shape index (κ3) is 3.99. The highest BCUT2D eigenvalue weighted by Gasteiger charge is 2.28. The highest BCUT2D eigenvalue weighted by Crippen LogP contribution is 2.38. The molecule has 5 rings (SSSR count). The molecule has 1 saturated carbocycles. The summed E-state index contributed by atoms with van der Waals surface area (Å²) in [4.78, 5) is 12.9. The van der Waals surface area contributed by atoms with Crippen LogP contribution in [0.3, 0.4) is 0 Å². The molecular weight excluding hydrogens is 407 g/mol. The van der Waals surface area contributed by atoms with Gasteiger partial charge in [-0.2, -0.15) is 0 Å². The first-order chi connectivity index (χ1) is 14.9. The lowest BCUT2D eigenvalue weighted by atomic mass is 9.81. The minimum absolute atomic E-state index is 0.374. The minimum atomic E-state index is -2.18. The summed E-state index contributed by atoms with van der Waals surface area (Å²) in [6.45, 7) is 0.830. The number of para-hydroxylation sites is 1. The Morgan fingerprint density at radius 2 is 2.06 bits per heavy atom. The van der Waals surface area contributed by atoms with Crippen molar-refractivity contribution in [1.29, 1.82) is 0 Å². The minimum Gasteiger partial charge on any atom is -0.382 e. The van der Waals surface area contributed by atoms with Crippen molar-refractivity contribution in [1.82, 2.24) is 24.1 Å². The number of thiol groups is 1. The summed E-state index contributed by atoms with van der Waals surface area (Å²) in [5, 5.41) is 1.15. The maximum absolute atomic E-state index is 12.0. The van der Waals surface area contributed by atoms with E-state index in [-0.39, 0.29) is 0 Å². The van der Waals surface area contributed by atoms with E-state index in [1.54, 1.807) is 19.6 Å². The summed E-state index contributed by atoms with van der Waals surface area (Å²) in [6.07, 6.45) is 9.86. The van der Waals surface area contributed by atoms with Gasteiger partial charge in [0.1, 0.15) is 22.9 Å². The number of fused-ring (bicyclic) bond motifs is 2. The van der Waals surface area contributed by atoms with E-state index in [0.29, 0.717) is 17.7 Å². The van der Waals surface area contributed by atoms with Gasteiger partial charge in [0.2, 0.25) is 7.12 Å². The molecule has 1 aliphatic rings. The van der Waals surface area contributed by atoms with Gasteiger partial charge in [-0.05, 0) is 50.0 Å².